The number of aliphatic hydroxyl groups excluding tert-OH is 1. The standard InChI is InChI=1S/C15H18F3NO3/c16-15(17,18)13-7-6-12(9-20)8-19(13)14(21)22-10-11-4-2-1-3-5-11/h1-5,12-13,20H,6-10H2. The number of nitrogens with zero attached hydrogens (tertiary/aromatic N) is 1. The molecule has 1 N–H and O–H groups in total. The van der Waals surface area contributed by atoms with Crippen molar-refractivity contribution in [1.82, 2.24) is 4.90 Å². The predicted octanol–water partition coefficient (Wildman–Crippen LogP) is 2.96. The molecule has 1 heterocycles. The number of halogens is 3. The van der Waals surface area contributed by atoms with Crippen LogP contribution >= 0.6 is 0 Å². The molecule has 2 unspecified atom stereocenters. The maximum Gasteiger partial charge on any atom is 0.410 e. The van der Waals surface area contributed by atoms with Crippen molar-refractivity contribution in [2.24, 2.45) is 5.92 Å². The Balaban J connectivity index is 2.02. The van der Waals surface area contributed by atoms with E-state index in [1.54, 1.807) is 30.3 Å². The van der Waals surface area contributed by atoms with Crippen molar-refractivity contribution in [2.45, 2.75) is 31.7 Å². The summed E-state index contributed by atoms with van der Waals surface area (Å²) in [5.41, 5.74) is 0.704. The fourth-order valence-corrected chi connectivity index (χ4v) is 2.54. The van der Waals surface area contributed by atoms with Crippen LogP contribution in [0, 0.1) is 5.92 Å². The molecule has 7 heteroatoms. The van der Waals surface area contributed by atoms with E-state index in [0.717, 1.165) is 0 Å². The highest BCUT2D eigenvalue weighted by atomic mass is 19.4. The van der Waals surface area contributed by atoms with Crippen molar-refractivity contribution < 1.29 is 27.8 Å². The van der Waals surface area contributed by atoms with Crippen LogP contribution in [0.4, 0.5) is 18.0 Å². The smallest absolute Gasteiger partial charge is 0.410 e. The van der Waals surface area contributed by atoms with E-state index in [9.17, 15) is 18.0 Å². The number of rotatable bonds is 3. The van der Waals surface area contributed by atoms with E-state index in [1.165, 1.54) is 0 Å². The Kier molecular flexibility index (Phi) is 5.28. The number of carbonyl (C=O) groups is 1. The van der Waals surface area contributed by atoms with Crippen LogP contribution in [0.5, 0.6) is 0 Å². The van der Waals surface area contributed by atoms with Crippen molar-refractivity contribution in [1.29, 1.82) is 0 Å². The lowest BCUT2D eigenvalue weighted by Crippen LogP contribution is -2.54. The minimum Gasteiger partial charge on any atom is -0.445 e. The first-order valence-electron chi connectivity index (χ1n) is 7.06. The van der Waals surface area contributed by atoms with Crippen LogP contribution in [0.25, 0.3) is 0 Å². The summed E-state index contributed by atoms with van der Waals surface area (Å²) in [6.07, 6.45) is -5.46. The topological polar surface area (TPSA) is 49.8 Å². The molecule has 0 radical (unpaired) electrons. The largest absolute Gasteiger partial charge is 0.445 e. The SMILES string of the molecule is O=C(OCc1ccccc1)N1CC(CO)CCC1C(F)(F)F. The monoisotopic (exact) mass is 317 g/mol. The number of carbonyl (C=O) groups excluding carboxylic acids is 1. The van der Waals surface area contributed by atoms with E-state index >= 15 is 0 Å². The summed E-state index contributed by atoms with van der Waals surface area (Å²) >= 11 is 0. The third-order valence-electron chi connectivity index (χ3n) is 3.76. The van der Waals surface area contributed by atoms with Crippen LogP contribution in [0.3, 0.4) is 0 Å². The summed E-state index contributed by atoms with van der Waals surface area (Å²) in [6, 6.07) is 6.90. The first kappa shape index (κ1) is 16.6. The van der Waals surface area contributed by atoms with Crippen molar-refractivity contribution >= 4 is 6.09 Å². The molecule has 1 fully saturated rings. The molecule has 1 aromatic rings. The summed E-state index contributed by atoms with van der Waals surface area (Å²) in [7, 11) is 0. The van der Waals surface area contributed by atoms with Gasteiger partial charge in [0.15, 0.2) is 0 Å². The Morgan fingerprint density at radius 2 is 1.95 bits per heavy atom. The highest BCUT2D eigenvalue weighted by Gasteiger charge is 2.48. The van der Waals surface area contributed by atoms with Gasteiger partial charge in [-0.15, -0.1) is 0 Å². The first-order chi connectivity index (χ1) is 10.4. The van der Waals surface area contributed by atoms with E-state index in [4.69, 9.17) is 9.84 Å². The van der Waals surface area contributed by atoms with Gasteiger partial charge in [0.05, 0.1) is 0 Å². The van der Waals surface area contributed by atoms with Gasteiger partial charge in [-0.05, 0) is 24.3 Å². The van der Waals surface area contributed by atoms with Crippen molar-refractivity contribution in [2.75, 3.05) is 13.2 Å². The van der Waals surface area contributed by atoms with E-state index < -0.39 is 18.3 Å². The van der Waals surface area contributed by atoms with Gasteiger partial charge in [0.1, 0.15) is 12.6 Å². The van der Waals surface area contributed by atoms with Gasteiger partial charge in [0.2, 0.25) is 0 Å². The Bertz CT molecular complexity index is 493. The second-order valence-electron chi connectivity index (χ2n) is 5.38. The molecule has 2 rings (SSSR count). The first-order valence-corrected chi connectivity index (χ1v) is 7.06. The van der Waals surface area contributed by atoms with Gasteiger partial charge in [-0.25, -0.2) is 4.79 Å². The second kappa shape index (κ2) is 7.00. The summed E-state index contributed by atoms with van der Waals surface area (Å²) in [4.78, 5) is 12.7. The van der Waals surface area contributed by atoms with Crippen LogP contribution in [-0.2, 0) is 11.3 Å². The molecule has 0 spiro atoms. The van der Waals surface area contributed by atoms with E-state index in [1.807, 2.05) is 0 Å². The number of piperidine rings is 1. The van der Waals surface area contributed by atoms with Gasteiger partial charge in [-0.1, -0.05) is 30.3 Å². The number of hydrogen-bond acceptors (Lipinski definition) is 3. The summed E-state index contributed by atoms with van der Waals surface area (Å²) in [5, 5.41) is 9.13. The number of aliphatic hydroxyl groups is 1. The Morgan fingerprint density at radius 1 is 1.27 bits per heavy atom. The minimum absolute atomic E-state index is 0.0788. The molecule has 122 valence electrons. The number of likely N-dealkylation sites (tertiary alicyclic amines) is 1. The molecule has 1 aliphatic rings. The van der Waals surface area contributed by atoms with Crippen LogP contribution in [0.1, 0.15) is 18.4 Å². The molecule has 1 amide bonds. The van der Waals surface area contributed by atoms with Crippen molar-refractivity contribution in [3.05, 3.63) is 35.9 Å². The van der Waals surface area contributed by atoms with Gasteiger partial charge in [-0.2, -0.15) is 13.2 Å². The van der Waals surface area contributed by atoms with Crippen molar-refractivity contribution in [3.63, 3.8) is 0 Å². The summed E-state index contributed by atoms with van der Waals surface area (Å²) < 4.78 is 44.1. The lowest BCUT2D eigenvalue weighted by Gasteiger charge is -2.39. The molecule has 0 aliphatic carbocycles. The fraction of sp³-hybridized carbons (Fsp3) is 0.533. The quantitative estimate of drug-likeness (QED) is 0.932. The van der Waals surface area contributed by atoms with Gasteiger partial charge in [0.25, 0.3) is 0 Å². The molecule has 0 saturated carbocycles. The minimum atomic E-state index is -4.49. The van der Waals surface area contributed by atoms with Gasteiger partial charge in [0, 0.05) is 13.2 Å². The Labute approximate surface area is 126 Å². The third-order valence-corrected chi connectivity index (χ3v) is 3.76. The molecule has 0 bridgehead atoms. The van der Waals surface area contributed by atoms with Crippen LogP contribution in [0.15, 0.2) is 30.3 Å². The Hall–Kier alpha value is -1.76. The highest BCUT2D eigenvalue weighted by Crippen LogP contribution is 2.34. The molecule has 22 heavy (non-hydrogen) atoms. The lowest BCUT2D eigenvalue weighted by atomic mass is 9.93. The van der Waals surface area contributed by atoms with E-state index in [2.05, 4.69) is 0 Å². The summed E-state index contributed by atoms with van der Waals surface area (Å²) in [6.45, 7) is -0.466. The maximum absolute atomic E-state index is 13.0. The molecule has 1 saturated heterocycles. The number of amides is 1. The van der Waals surface area contributed by atoms with Crippen LogP contribution < -0.4 is 0 Å². The number of ether oxygens (including phenoxy) is 1. The lowest BCUT2D eigenvalue weighted by molar-refractivity contribution is -0.190. The van der Waals surface area contributed by atoms with Crippen LogP contribution in [0.2, 0.25) is 0 Å². The maximum atomic E-state index is 13.0. The zero-order chi connectivity index (χ0) is 16.2. The predicted molar refractivity (Wildman–Crippen MR) is 73.0 cm³/mol. The van der Waals surface area contributed by atoms with Gasteiger partial charge < -0.3 is 9.84 Å². The van der Waals surface area contributed by atoms with E-state index in [0.29, 0.717) is 10.5 Å². The molecule has 2 atom stereocenters. The van der Waals surface area contributed by atoms with E-state index in [-0.39, 0.29) is 38.5 Å². The molecular formula is C15H18F3NO3. The second-order valence-corrected chi connectivity index (χ2v) is 5.38. The van der Waals surface area contributed by atoms with Gasteiger partial charge >= 0.3 is 12.3 Å². The normalized spacial score (nSPS) is 22.5. The van der Waals surface area contributed by atoms with Crippen molar-refractivity contribution in [3.8, 4) is 0 Å². The Morgan fingerprint density at radius 3 is 2.55 bits per heavy atom. The highest BCUT2D eigenvalue weighted by molar-refractivity contribution is 5.68. The number of alkyl halides is 3. The number of benzene rings is 1. The fourth-order valence-electron chi connectivity index (χ4n) is 2.54. The molecule has 0 aromatic heterocycles. The van der Waals surface area contributed by atoms with Crippen LogP contribution in [-0.4, -0.2) is 41.5 Å². The zero-order valence-corrected chi connectivity index (χ0v) is 11.9. The molecular weight excluding hydrogens is 299 g/mol. The molecule has 1 aliphatic heterocycles. The zero-order valence-electron chi connectivity index (χ0n) is 11.9. The average molecular weight is 317 g/mol. The average Bonchev–Trinajstić information content (AvgIpc) is 2.52. The number of hydrogen-bond donors (Lipinski definition) is 1. The third kappa shape index (κ3) is 4.13. The molecule has 1 aromatic carbocycles. The summed E-state index contributed by atoms with van der Waals surface area (Å²) in [5.74, 6) is -0.345. The van der Waals surface area contributed by atoms with Gasteiger partial charge in [-0.3, -0.25) is 4.90 Å². The molecule has 4 nitrogen and oxygen atoms in total.